The number of amides is 1. The molecule has 2 aromatic carbocycles. The van der Waals surface area contributed by atoms with Crippen LogP contribution in [0.5, 0.6) is 5.75 Å². The van der Waals surface area contributed by atoms with Crippen molar-refractivity contribution < 1.29 is 9.53 Å². The van der Waals surface area contributed by atoms with E-state index in [0.29, 0.717) is 24.3 Å². The Kier molecular flexibility index (Phi) is 7.54. The lowest BCUT2D eigenvalue weighted by atomic mass is 9.83. The maximum Gasteiger partial charge on any atom is 0.251 e. The summed E-state index contributed by atoms with van der Waals surface area (Å²) in [5.74, 6) is 1.39. The van der Waals surface area contributed by atoms with E-state index >= 15 is 0 Å². The minimum absolute atomic E-state index is 0.0832. The summed E-state index contributed by atoms with van der Waals surface area (Å²) < 4.78 is 5.76. The van der Waals surface area contributed by atoms with Gasteiger partial charge >= 0.3 is 0 Å². The monoisotopic (exact) mass is 519 g/mol. The van der Waals surface area contributed by atoms with E-state index in [1.807, 2.05) is 42.5 Å². The quantitative estimate of drug-likeness (QED) is 0.331. The second kappa shape index (κ2) is 11.2. The largest absolute Gasteiger partial charge is 0.491 e. The van der Waals surface area contributed by atoms with Gasteiger partial charge in [0.1, 0.15) is 12.4 Å². The molecule has 6 rings (SSSR count). The first kappa shape index (κ1) is 25.6. The fraction of sp³-hybridized carbons (Fsp3) is 0.552. The third kappa shape index (κ3) is 5.01. The van der Waals surface area contributed by atoms with Crippen molar-refractivity contribution in [2.45, 2.75) is 56.5 Å². The molecule has 9 heteroatoms. The number of nitrogens with one attached hydrogen (secondary N) is 6. The Labute approximate surface area is 225 Å². The number of piperidine rings is 2. The Balaban J connectivity index is 1.20. The van der Waals surface area contributed by atoms with Crippen molar-refractivity contribution in [3.8, 4) is 5.75 Å². The van der Waals surface area contributed by atoms with Gasteiger partial charge in [-0.25, -0.2) is 10.9 Å². The van der Waals surface area contributed by atoms with Gasteiger partial charge in [-0.3, -0.25) is 9.69 Å². The molecule has 1 amide bonds. The molecule has 0 bridgehead atoms. The molecular formula is C29H41N7O2. The van der Waals surface area contributed by atoms with Gasteiger partial charge in [-0.05, 0) is 88.6 Å². The van der Waals surface area contributed by atoms with Crippen molar-refractivity contribution in [1.29, 1.82) is 0 Å². The zero-order valence-electron chi connectivity index (χ0n) is 22.3. The normalized spacial score (nSPS) is 27.4. The molecule has 0 spiro atoms. The van der Waals surface area contributed by atoms with E-state index in [-0.39, 0.29) is 23.7 Å². The molecule has 0 saturated carbocycles. The molecule has 6 N–H and O–H groups in total. The third-order valence-electron chi connectivity index (χ3n) is 8.79. The number of para-hydroxylation sites is 1. The van der Waals surface area contributed by atoms with Crippen molar-refractivity contribution >= 4 is 11.6 Å². The second-order valence-corrected chi connectivity index (χ2v) is 11.0. The van der Waals surface area contributed by atoms with E-state index in [4.69, 9.17) is 4.74 Å². The predicted octanol–water partition coefficient (Wildman–Crippen LogP) is 2.17. The highest BCUT2D eigenvalue weighted by atomic mass is 16.5. The molecule has 0 radical (unpaired) electrons. The molecule has 3 saturated heterocycles. The molecule has 0 aromatic heterocycles. The average molecular weight is 520 g/mol. The van der Waals surface area contributed by atoms with Gasteiger partial charge in [0.25, 0.3) is 5.91 Å². The van der Waals surface area contributed by atoms with Gasteiger partial charge in [0, 0.05) is 16.8 Å². The maximum atomic E-state index is 13.3. The summed E-state index contributed by atoms with van der Waals surface area (Å²) in [5, 5.41) is 14.1. The highest BCUT2D eigenvalue weighted by Gasteiger charge is 2.49. The molecule has 4 heterocycles. The summed E-state index contributed by atoms with van der Waals surface area (Å²) in [6.45, 7) is 7.80. The molecule has 204 valence electrons. The van der Waals surface area contributed by atoms with Crippen LogP contribution in [0.15, 0.2) is 48.5 Å². The molecule has 2 unspecified atom stereocenters. The standard InChI is InChI=1S/C29H41N7O2/c1-2-36-26(20-10-14-30-15-11-20)34-35-28(36)29(12-16-31-17-13-29)33-22-7-5-6-21(18-22)27(37)32-24-19-38-25-9-4-3-8-23(24)25/h3-9,18,20,24,26,28,30-31,33-35H,2,10-17,19H2,1H3,(H,32,37)/t24-,26?,28?/m0/s1. The van der Waals surface area contributed by atoms with Crippen LogP contribution >= 0.6 is 0 Å². The molecule has 9 nitrogen and oxygen atoms in total. The van der Waals surface area contributed by atoms with Crippen LogP contribution in [0.4, 0.5) is 5.69 Å². The number of rotatable bonds is 7. The summed E-state index contributed by atoms with van der Waals surface area (Å²) in [5.41, 5.74) is 9.88. The maximum absolute atomic E-state index is 13.3. The fourth-order valence-electron chi connectivity index (χ4n) is 6.76. The second-order valence-electron chi connectivity index (χ2n) is 11.0. The molecular weight excluding hydrogens is 478 g/mol. The molecule has 38 heavy (non-hydrogen) atoms. The average Bonchev–Trinajstić information content (AvgIpc) is 3.59. The first-order valence-electron chi connectivity index (χ1n) is 14.3. The van der Waals surface area contributed by atoms with Gasteiger partial charge in [-0.2, -0.15) is 0 Å². The Bertz CT molecular complexity index is 1120. The molecule has 4 aliphatic rings. The van der Waals surface area contributed by atoms with Crippen LogP contribution in [-0.2, 0) is 0 Å². The molecule has 2 aromatic rings. The van der Waals surface area contributed by atoms with E-state index in [0.717, 1.165) is 62.6 Å². The van der Waals surface area contributed by atoms with Crippen LogP contribution in [0, 0.1) is 5.92 Å². The Morgan fingerprint density at radius 2 is 1.82 bits per heavy atom. The van der Waals surface area contributed by atoms with Gasteiger partial charge in [-0.1, -0.05) is 31.2 Å². The summed E-state index contributed by atoms with van der Waals surface area (Å²) in [6.07, 6.45) is 4.85. The fourth-order valence-corrected chi connectivity index (χ4v) is 6.76. The van der Waals surface area contributed by atoms with Crippen LogP contribution < -0.4 is 36.9 Å². The number of anilines is 1. The first-order valence-corrected chi connectivity index (χ1v) is 14.3. The Hall–Kier alpha value is -2.69. The van der Waals surface area contributed by atoms with E-state index in [1.54, 1.807) is 0 Å². The van der Waals surface area contributed by atoms with Gasteiger partial charge < -0.3 is 26.0 Å². The third-order valence-corrected chi connectivity index (χ3v) is 8.79. The summed E-state index contributed by atoms with van der Waals surface area (Å²) in [4.78, 5) is 15.9. The highest BCUT2D eigenvalue weighted by molar-refractivity contribution is 5.95. The SMILES string of the molecule is CCN1C(C2CCNCC2)NNC1C1(Nc2cccc(C(=O)N[C@H]3COc4ccccc43)c2)CCNCC1. The van der Waals surface area contributed by atoms with Crippen molar-refractivity contribution in [2.75, 3.05) is 44.6 Å². The van der Waals surface area contributed by atoms with Gasteiger partial charge in [0.15, 0.2) is 0 Å². The number of likely N-dealkylation sites (N-methyl/N-ethyl adjacent to an activating group) is 1. The Morgan fingerprint density at radius 1 is 1.03 bits per heavy atom. The number of fused-ring (bicyclic) bond motifs is 1. The summed E-state index contributed by atoms with van der Waals surface area (Å²) in [6, 6.07) is 15.7. The van der Waals surface area contributed by atoms with Crippen LogP contribution in [0.3, 0.4) is 0 Å². The number of hydrogen-bond acceptors (Lipinski definition) is 8. The zero-order valence-corrected chi connectivity index (χ0v) is 22.3. The smallest absolute Gasteiger partial charge is 0.251 e. The van der Waals surface area contributed by atoms with Crippen molar-refractivity contribution in [2.24, 2.45) is 5.92 Å². The van der Waals surface area contributed by atoms with Crippen molar-refractivity contribution in [1.82, 2.24) is 31.7 Å². The van der Waals surface area contributed by atoms with Crippen LogP contribution in [-0.4, -0.2) is 68.0 Å². The van der Waals surface area contributed by atoms with Crippen LogP contribution in [0.25, 0.3) is 0 Å². The molecule has 3 atom stereocenters. The lowest BCUT2D eigenvalue weighted by Gasteiger charge is -2.47. The van der Waals surface area contributed by atoms with E-state index in [2.05, 4.69) is 50.0 Å². The predicted molar refractivity (Wildman–Crippen MR) is 149 cm³/mol. The number of hydrogen-bond donors (Lipinski definition) is 6. The zero-order chi connectivity index (χ0) is 26.0. The number of hydrazine groups is 1. The minimum Gasteiger partial charge on any atom is -0.491 e. The lowest BCUT2D eigenvalue weighted by Crippen LogP contribution is -2.64. The van der Waals surface area contributed by atoms with E-state index < -0.39 is 0 Å². The van der Waals surface area contributed by atoms with Gasteiger partial charge in [0.05, 0.1) is 23.9 Å². The molecule has 4 aliphatic heterocycles. The van der Waals surface area contributed by atoms with Crippen LogP contribution in [0.2, 0.25) is 0 Å². The number of benzene rings is 2. The lowest BCUT2D eigenvalue weighted by molar-refractivity contribution is 0.0790. The highest BCUT2D eigenvalue weighted by Crippen LogP contribution is 2.35. The van der Waals surface area contributed by atoms with E-state index in [9.17, 15) is 4.79 Å². The number of nitrogens with zero attached hydrogens (tertiary/aromatic N) is 1. The number of ether oxygens (including phenoxy) is 1. The molecule has 3 fully saturated rings. The molecule has 0 aliphatic carbocycles. The topological polar surface area (TPSA) is 102 Å². The van der Waals surface area contributed by atoms with Crippen LogP contribution in [0.1, 0.15) is 54.6 Å². The van der Waals surface area contributed by atoms with Crippen molar-refractivity contribution in [3.63, 3.8) is 0 Å². The van der Waals surface area contributed by atoms with Gasteiger partial charge in [-0.15, -0.1) is 0 Å². The van der Waals surface area contributed by atoms with Crippen molar-refractivity contribution in [3.05, 3.63) is 59.7 Å². The van der Waals surface area contributed by atoms with Gasteiger partial charge in [0.2, 0.25) is 0 Å². The van der Waals surface area contributed by atoms with E-state index in [1.165, 1.54) is 12.8 Å². The summed E-state index contributed by atoms with van der Waals surface area (Å²) in [7, 11) is 0. The number of carbonyl (C=O) groups excluding carboxylic acids is 1. The Morgan fingerprint density at radius 3 is 2.63 bits per heavy atom. The number of carbonyl (C=O) groups is 1. The minimum atomic E-state index is -0.163. The summed E-state index contributed by atoms with van der Waals surface area (Å²) >= 11 is 0. The first-order chi connectivity index (χ1) is 18.7.